The van der Waals surface area contributed by atoms with Gasteiger partial charge >= 0.3 is 0 Å². The average Bonchev–Trinajstić information content (AvgIpc) is 2.17. The van der Waals surface area contributed by atoms with Crippen molar-refractivity contribution in [3.63, 3.8) is 0 Å². The number of amides is 2. The molecule has 0 bridgehead atoms. The summed E-state index contributed by atoms with van der Waals surface area (Å²) in [6.45, 7) is 1.45. The van der Waals surface area contributed by atoms with Gasteiger partial charge in [-0.25, -0.2) is 0 Å². The van der Waals surface area contributed by atoms with Gasteiger partial charge in [0.05, 0.1) is 6.42 Å². The number of likely N-dealkylation sites (N-methyl/N-ethyl adjacent to an activating group) is 1. The summed E-state index contributed by atoms with van der Waals surface area (Å²) in [4.78, 5) is 21.9. The number of nitrogens with one attached hydrogen (secondary N) is 2. The maximum Gasteiger partial charge on any atom is 0.224 e. The molecule has 2 amide bonds. The molecule has 0 unspecified atom stereocenters. The van der Waals surface area contributed by atoms with Crippen molar-refractivity contribution in [3.8, 4) is 0 Å². The fraction of sp³-hybridized carbons (Fsp3) is 0.273. The maximum atomic E-state index is 11.1. The van der Waals surface area contributed by atoms with E-state index in [4.69, 9.17) is 0 Å². The predicted octanol–water partition coefficient (Wildman–Crippen LogP) is 0.933. The van der Waals surface area contributed by atoms with Crippen molar-refractivity contribution in [2.24, 2.45) is 0 Å². The van der Waals surface area contributed by atoms with Crippen molar-refractivity contribution in [3.05, 3.63) is 29.8 Å². The van der Waals surface area contributed by atoms with Gasteiger partial charge in [0, 0.05) is 19.7 Å². The Hall–Kier alpha value is -1.84. The van der Waals surface area contributed by atoms with Crippen LogP contribution in [0.4, 0.5) is 5.69 Å². The topological polar surface area (TPSA) is 58.2 Å². The molecule has 80 valence electrons. The molecule has 0 saturated carbocycles. The van der Waals surface area contributed by atoms with Gasteiger partial charge in [0.1, 0.15) is 0 Å². The van der Waals surface area contributed by atoms with Crippen LogP contribution in [0.1, 0.15) is 12.5 Å². The van der Waals surface area contributed by atoms with Crippen molar-refractivity contribution < 1.29 is 9.59 Å². The number of rotatable bonds is 3. The number of hydrogen-bond acceptors (Lipinski definition) is 2. The van der Waals surface area contributed by atoms with E-state index >= 15 is 0 Å². The molecule has 0 aromatic heterocycles. The van der Waals surface area contributed by atoms with E-state index in [-0.39, 0.29) is 11.8 Å². The smallest absolute Gasteiger partial charge is 0.224 e. The largest absolute Gasteiger partial charge is 0.359 e. The van der Waals surface area contributed by atoms with Gasteiger partial charge in [0.25, 0.3) is 0 Å². The van der Waals surface area contributed by atoms with Crippen LogP contribution < -0.4 is 10.6 Å². The van der Waals surface area contributed by atoms with Gasteiger partial charge in [-0.15, -0.1) is 0 Å². The lowest BCUT2D eigenvalue weighted by molar-refractivity contribution is -0.120. The van der Waals surface area contributed by atoms with Crippen molar-refractivity contribution in [1.82, 2.24) is 5.32 Å². The highest BCUT2D eigenvalue weighted by atomic mass is 16.2. The molecule has 0 spiro atoms. The van der Waals surface area contributed by atoms with Gasteiger partial charge in [-0.3, -0.25) is 9.59 Å². The SMILES string of the molecule is CNC(=O)Cc1cccc(NC(C)=O)c1. The van der Waals surface area contributed by atoms with Crippen LogP contribution in [0.5, 0.6) is 0 Å². The van der Waals surface area contributed by atoms with E-state index in [1.807, 2.05) is 12.1 Å². The van der Waals surface area contributed by atoms with Crippen molar-refractivity contribution in [1.29, 1.82) is 0 Å². The second-order valence-electron chi connectivity index (χ2n) is 3.23. The van der Waals surface area contributed by atoms with Gasteiger partial charge in [-0.05, 0) is 17.7 Å². The molecule has 0 aliphatic carbocycles. The van der Waals surface area contributed by atoms with Crippen LogP contribution in [0.15, 0.2) is 24.3 Å². The minimum atomic E-state index is -0.118. The number of anilines is 1. The highest BCUT2D eigenvalue weighted by molar-refractivity contribution is 5.89. The fourth-order valence-corrected chi connectivity index (χ4v) is 1.24. The van der Waals surface area contributed by atoms with Crippen LogP contribution in [0.2, 0.25) is 0 Å². The molecule has 0 radical (unpaired) electrons. The Morgan fingerprint density at radius 3 is 2.67 bits per heavy atom. The van der Waals surface area contributed by atoms with E-state index < -0.39 is 0 Å². The van der Waals surface area contributed by atoms with Gasteiger partial charge in [-0.1, -0.05) is 12.1 Å². The van der Waals surface area contributed by atoms with Crippen molar-refractivity contribution in [2.75, 3.05) is 12.4 Å². The molecular formula is C11H14N2O2. The third-order valence-electron chi connectivity index (χ3n) is 1.89. The molecule has 4 heteroatoms. The summed E-state index contributed by atoms with van der Waals surface area (Å²) in [5, 5.41) is 5.21. The van der Waals surface area contributed by atoms with E-state index in [2.05, 4.69) is 10.6 Å². The Morgan fingerprint density at radius 2 is 2.07 bits per heavy atom. The second kappa shape index (κ2) is 5.14. The van der Waals surface area contributed by atoms with Crippen LogP contribution in [-0.4, -0.2) is 18.9 Å². The minimum Gasteiger partial charge on any atom is -0.359 e. The number of benzene rings is 1. The van der Waals surface area contributed by atoms with Gasteiger partial charge in [0.15, 0.2) is 0 Å². The highest BCUT2D eigenvalue weighted by Gasteiger charge is 2.02. The summed E-state index contributed by atoms with van der Waals surface area (Å²) < 4.78 is 0. The van der Waals surface area contributed by atoms with Crippen LogP contribution >= 0.6 is 0 Å². The summed E-state index contributed by atoms with van der Waals surface area (Å²) in [6.07, 6.45) is 0.323. The first-order valence-corrected chi connectivity index (χ1v) is 4.69. The lowest BCUT2D eigenvalue weighted by Gasteiger charge is -2.04. The zero-order chi connectivity index (χ0) is 11.3. The standard InChI is InChI=1S/C11H14N2O2/c1-8(14)13-10-5-3-4-9(6-10)7-11(15)12-2/h3-6H,7H2,1-2H3,(H,12,15)(H,13,14). The molecule has 0 aliphatic rings. The summed E-state index contributed by atoms with van der Waals surface area (Å²) in [5.74, 6) is -0.165. The first kappa shape index (κ1) is 11.2. The molecule has 0 heterocycles. The quantitative estimate of drug-likeness (QED) is 0.773. The normalized spacial score (nSPS) is 9.47. The molecule has 0 saturated heterocycles. The van der Waals surface area contributed by atoms with E-state index in [9.17, 15) is 9.59 Å². The van der Waals surface area contributed by atoms with Crippen LogP contribution in [-0.2, 0) is 16.0 Å². The molecule has 0 aliphatic heterocycles. The molecule has 0 fully saturated rings. The Labute approximate surface area is 88.7 Å². The summed E-state index contributed by atoms with van der Waals surface area (Å²) in [5.41, 5.74) is 1.59. The minimum absolute atomic E-state index is 0.0463. The molecule has 4 nitrogen and oxygen atoms in total. The monoisotopic (exact) mass is 206 g/mol. The lowest BCUT2D eigenvalue weighted by Crippen LogP contribution is -2.20. The lowest BCUT2D eigenvalue weighted by atomic mass is 10.1. The van der Waals surface area contributed by atoms with E-state index in [1.54, 1.807) is 19.2 Å². The molecule has 1 rings (SSSR count). The van der Waals surface area contributed by atoms with Gasteiger partial charge in [0.2, 0.25) is 11.8 Å². The first-order valence-electron chi connectivity index (χ1n) is 4.69. The number of carbonyl (C=O) groups excluding carboxylic acids is 2. The van der Waals surface area contributed by atoms with Crippen LogP contribution in [0, 0.1) is 0 Å². The Balaban J connectivity index is 2.74. The molecule has 15 heavy (non-hydrogen) atoms. The van der Waals surface area contributed by atoms with Crippen LogP contribution in [0.25, 0.3) is 0 Å². The Kier molecular flexibility index (Phi) is 3.85. The third kappa shape index (κ3) is 3.81. The first-order chi connectivity index (χ1) is 7.11. The summed E-state index contributed by atoms with van der Waals surface area (Å²) in [6, 6.07) is 7.23. The second-order valence-corrected chi connectivity index (χ2v) is 3.23. The average molecular weight is 206 g/mol. The van der Waals surface area contributed by atoms with Gasteiger partial charge < -0.3 is 10.6 Å². The fourth-order valence-electron chi connectivity index (χ4n) is 1.24. The van der Waals surface area contributed by atoms with Gasteiger partial charge in [-0.2, -0.15) is 0 Å². The predicted molar refractivity (Wildman–Crippen MR) is 58.5 cm³/mol. The molecular weight excluding hydrogens is 192 g/mol. The number of carbonyl (C=O) groups is 2. The summed E-state index contributed by atoms with van der Waals surface area (Å²) >= 11 is 0. The molecule has 1 aromatic carbocycles. The van der Waals surface area contributed by atoms with E-state index in [0.717, 1.165) is 5.56 Å². The van der Waals surface area contributed by atoms with Crippen molar-refractivity contribution in [2.45, 2.75) is 13.3 Å². The zero-order valence-corrected chi connectivity index (χ0v) is 8.83. The molecule has 2 N–H and O–H groups in total. The molecule has 1 aromatic rings. The zero-order valence-electron chi connectivity index (χ0n) is 8.83. The summed E-state index contributed by atoms with van der Waals surface area (Å²) in [7, 11) is 1.60. The number of hydrogen-bond donors (Lipinski definition) is 2. The van der Waals surface area contributed by atoms with E-state index in [0.29, 0.717) is 12.1 Å². The van der Waals surface area contributed by atoms with Crippen molar-refractivity contribution >= 4 is 17.5 Å². The molecule has 0 atom stereocenters. The maximum absolute atomic E-state index is 11.1. The third-order valence-corrected chi connectivity index (χ3v) is 1.89. The Bertz CT molecular complexity index is 375. The highest BCUT2D eigenvalue weighted by Crippen LogP contribution is 2.10. The van der Waals surface area contributed by atoms with Crippen LogP contribution in [0.3, 0.4) is 0 Å². The van der Waals surface area contributed by atoms with E-state index in [1.165, 1.54) is 6.92 Å². The Morgan fingerprint density at radius 1 is 1.33 bits per heavy atom.